The number of benzene rings is 2. The van der Waals surface area contributed by atoms with Crippen LogP contribution in [-0.2, 0) is 4.79 Å². The molecule has 1 heterocycles. The SMILES string of the molecule is C[C@H](Oc1ccc(-c2nnco2)cc1)C(=O)Nc1ccc(C(N)=O)cc1. The number of nitrogens with one attached hydrogen (secondary N) is 1. The van der Waals surface area contributed by atoms with E-state index < -0.39 is 12.0 Å². The van der Waals surface area contributed by atoms with E-state index in [-0.39, 0.29) is 5.91 Å². The van der Waals surface area contributed by atoms with Crippen molar-refractivity contribution in [2.75, 3.05) is 5.32 Å². The Hall–Kier alpha value is -3.68. The molecule has 0 aliphatic heterocycles. The molecule has 0 aliphatic carbocycles. The zero-order valence-corrected chi connectivity index (χ0v) is 13.9. The number of nitrogens with zero attached hydrogens (tertiary/aromatic N) is 2. The van der Waals surface area contributed by atoms with Crippen LogP contribution in [0, 0.1) is 0 Å². The zero-order chi connectivity index (χ0) is 18.5. The van der Waals surface area contributed by atoms with Crippen molar-refractivity contribution in [3.63, 3.8) is 0 Å². The van der Waals surface area contributed by atoms with Crippen LogP contribution in [0.25, 0.3) is 11.5 Å². The fraction of sp³-hybridized carbons (Fsp3) is 0.111. The highest BCUT2D eigenvalue weighted by atomic mass is 16.5. The summed E-state index contributed by atoms with van der Waals surface area (Å²) >= 11 is 0. The summed E-state index contributed by atoms with van der Waals surface area (Å²) in [5, 5.41) is 10.2. The molecule has 3 aromatic rings. The molecular weight excluding hydrogens is 336 g/mol. The van der Waals surface area contributed by atoms with E-state index in [1.165, 1.54) is 6.39 Å². The van der Waals surface area contributed by atoms with E-state index in [1.54, 1.807) is 55.5 Å². The highest BCUT2D eigenvalue weighted by Gasteiger charge is 2.15. The Morgan fingerprint density at radius 2 is 1.81 bits per heavy atom. The number of nitrogens with two attached hydrogens (primary N) is 1. The van der Waals surface area contributed by atoms with Gasteiger partial charge in [0.05, 0.1) is 0 Å². The van der Waals surface area contributed by atoms with Crippen molar-refractivity contribution >= 4 is 17.5 Å². The fourth-order valence-corrected chi connectivity index (χ4v) is 2.19. The van der Waals surface area contributed by atoms with Gasteiger partial charge in [-0.25, -0.2) is 0 Å². The quantitative estimate of drug-likeness (QED) is 0.702. The maximum absolute atomic E-state index is 12.2. The average molecular weight is 352 g/mol. The Kier molecular flexibility index (Phi) is 4.93. The number of rotatable bonds is 6. The van der Waals surface area contributed by atoms with E-state index in [0.717, 1.165) is 5.56 Å². The van der Waals surface area contributed by atoms with Crippen LogP contribution in [-0.4, -0.2) is 28.1 Å². The fourth-order valence-electron chi connectivity index (χ4n) is 2.19. The van der Waals surface area contributed by atoms with Gasteiger partial charge in [0, 0.05) is 16.8 Å². The number of primary amides is 1. The number of anilines is 1. The molecule has 3 N–H and O–H groups in total. The van der Waals surface area contributed by atoms with Crippen LogP contribution in [0.3, 0.4) is 0 Å². The number of carbonyl (C=O) groups excluding carboxylic acids is 2. The van der Waals surface area contributed by atoms with E-state index in [4.69, 9.17) is 14.9 Å². The van der Waals surface area contributed by atoms with Crippen LogP contribution in [0.4, 0.5) is 5.69 Å². The molecule has 0 saturated heterocycles. The number of hydrogen-bond acceptors (Lipinski definition) is 6. The van der Waals surface area contributed by atoms with Gasteiger partial charge in [-0.3, -0.25) is 9.59 Å². The van der Waals surface area contributed by atoms with Crippen molar-refractivity contribution in [3.8, 4) is 17.2 Å². The van der Waals surface area contributed by atoms with Crippen molar-refractivity contribution in [2.24, 2.45) is 5.73 Å². The predicted octanol–water partition coefficient (Wildman–Crippen LogP) is 2.24. The molecular formula is C18H16N4O4. The van der Waals surface area contributed by atoms with Crippen LogP contribution in [0.2, 0.25) is 0 Å². The summed E-state index contributed by atoms with van der Waals surface area (Å²) in [5.74, 6) is 0.0862. The highest BCUT2D eigenvalue weighted by Crippen LogP contribution is 2.21. The molecule has 1 aromatic heterocycles. The number of carbonyl (C=O) groups is 2. The van der Waals surface area contributed by atoms with Crippen LogP contribution < -0.4 is 15.8 Å². The van der Waals surface area contributed by atoms with Crippen molar-refractivity contribution < 1.29 is 18.7 Å². The smallest absolute Gasteiger partial charge is 0.265 e. The Bertz CT molecular complexity index is 890. The standard InChI is InChI=1S/C18H16N4O4/c1-11(17(24)21-14-6-2-12(3-7-14)16(19)23)26-15-8-4-13(5-9-15)18-22-20-10-25-18/h2-11H,1H3,(H2,19,23)(H,21,24)/t11-/m0/s1. The van der Waals surface area contributed by atoms with Crippen LogP contribution >= 0.6 is 0 Å². The van der Waals surface area contributed by atoms with Gasteiger partial charge >= 0.3 is 0 Å². The summed E-state index contributed by atoms with van der Waals surface area (Å²) in [4.78, 5) is 23.3. The number of ether oxygens (including phenoxy) is 1. The minimum atomic E-state index is -0.722. The summed E-state index contributed by atoms with van der Waals surface area (Å²) in [7, 11) is 0. The molecule has 1 atom stereocenters. The minimum Gasteiger partial charge on any atom is -0.481 e. The van der Waals surface area contributed by atoms with Gasteiger partial charge < -0.3 is 20.2 Å². The molecule has 2 amide bonds. The summed E-state index contributed by atoms with van der Waals surface area (Å²) in [6.45, 7) is 1.64. The number of hydrogen-bond donors (Lipinski definition) is 2. The van der Waals surface area contributed by atoms with Gasteiger partial charge in [-0.15, -0.1) is 10.2 Å². The van der Waals surface area contributed by atoms with Gasteiger partial charge in [-0.2, -0.15) is 0 Å². The van der Waals surface area contributed by atoms with Crippen molar-refractivity contribution in [1.29, 1.82) is 0 Å². The zero-order valence-electron chi connectivity index (χ0n) is 13.9. The first-order chi connectivity index (χ1) is 12.5. The Morgan fingerprint density at radius 3 is 2.38 bits per heavy atom. The summed E-state index contributed by atoms with van der Waals surface area (Å²) in [6.07, 6.45) is 0.530. The van der Waals surface area contributed by atoms with Crippen molar-refractivity contribution in [1.82, 2.24) is 10.2 Å². The maximum Gasteiger partial charge on any atom is 0.265 e. The lowest BCUT2D eigenvalue weighted by molar-refractivity contribution is -0.122. The van der Waals surface area contributed by atoms with Gasteiger partial charge in [-0.05, 0) is 55.5 Å². The molecule has 0 radical (unpaired) electrons. The lowest BCUT2D eigenvalue weighted by atomic mass is 10.2. The summed E-state index contributed by atoms with van der Waals surface area (Å²) in [6, 6.07) is 13.2. The monoisotopic (exact) mass is 352 g/mol. The Balaban J connectivity index is 1.59. The third-order valence-corrected chi connectivity index (χ3v) is 3.58. The maximum atomic E-state index is 12.2. The molecule has 2 aromatic carbocycles. The normalized spacial score (nSPS) is 11.6. The van der Waals surface area contributed by atoms with Gasteiger partial charge in [0.2, 0.25) is 18.2 Å². The van der Waals surface area contributed by atoms with Gasteiger partial charge in [-0.1, -0.05) is 0 Å². The lowest BCUT2D eigenvalue weighted by Crippen LogP contribution is -2.30. The third-order valence-electron chi connectivity index (χ3n) is 3.58. The second-order valence-corrected chi connectivity index (χ2v) is 5.46. The van der Waals surface area contributed by atoms with E-state index in [0.29, 0.717) is 22.9 Å². The van der Waals surface area contributed by atoms with Gasteiger partial charge in [0.15, 0.2) is 6.10 Å². The molecule has 0 spiro atoms. The van der Waals surface area contributed by atoms with E-state index in [9.17, 15) is 9.59 Å². The second-order valence-electron chi connectivity index (χ2n) is 5.46. The predicted molar refractivity (Wildman–Crippen MR) is 93.4 cm³/mol. The molecule has 0 aliphatic rings. The van der Waals surface area contributed by atoms with E-state index in [1.807, 2.05) is 0 Å². The summed E-state index contributed by atoms with van der Waals surface area (Å²) in [5.41, 5.74) is 6.85. The molecule has 0 fully saturated rings. The largest absolute Gasteiger partial charge is 0.481 e. The number of aromatic nitrogens is 2. The first-order valence-electron chi connectivity index (χ1n) is 7.77. The van der Waals surface area contributed by atoms with E-state index in [2.05, 4.69) is 15.5 Å². The Morgan fingerprint density at radius 1 is 1.12 bits per heavy atom. The molecule has 0 bridgehead atoms. The first-order valence-corrected chi connectivity index (χ1v) is 7.77. The highest BCUT2D eigenvalue weighted by molar-refractivity contribution is 5.96. The van der Waals surface area contributed by atoms with Crippen LogP contribution in [0.15, 0.2) is 59.3 Å². The topological polar surface area (TPSA) is 120 Å². The lowest BCUT2D eigenvalue weighted by Gasteiger charge is -2.15. The molecule has 3 rings (SSSR count). The summed E-state index contributed by atoms with van der Waals surface area (Å²) < 4.78 is 10.7. The van der Waals surface area contributed by atoms with E-state index >= 15 is 0 Å². The average Bonchev–Trinajstić information content (AvgIpc) is 3.17. The van der Waals surface area contributed by atoms with Gasteiger partial charge in [0.1, 0.15) is 5.75 Å². The van der Waals surface area contributed by atoms with Crippen molar-refractivity contribution in [3.05, 3.63) is 60.5 Å². The van der Waals surface area contributed by atoms with Crippen molar-refractivity contribution in [2.45, 2.75) is 13.0 Å². The first kappa shape index (κ1) is 17.2. The molecule has 26 heavy (non-hydrogen) atoms. The second kappa shape index (κ2) is 7.47. The molecule has 0 unspecified atom stereocenters. The molecule has 0 saturated carbocycles. The van der Waals surface area contributed by atoms with Gasteiger partial charge in [0.25, 0.3) is 5.91 Å². The number of amides is 2. The molecule has 8 nitrogen and oxygen atoms in total. The molecule has 8 heteroatoms. The third kappa shape index (κ3) is 4.04. The van der Waals surface area contributed by atoms with Crippen LogP contribution in [0.1, 0.15) is 17.3 Å². The minimum absolute atomic E-state index is 0.321. The van der Waals surface area contributed by atoms with Crippen LogP contribution in [0.5, 0.6) is 5.75 Å². The Labute approximate surface area is 149 Å². The molecule has 132 valence electrons.